The van der Waals surface area contributed by atoms with Crippen LogP contribution in [0.15, 0.2) is 138 Å². The molecule has 1 aliphatic heterocycles. The number of oxazole rings is 1. The van der Waals surface area contributed by atoms with E-state index in [1.165, 1.54) is 16.8 Å². The highest BCUT2D eigenvalue weighted by Crippen LogP contribution is 2.34. The lowest BCUT2D eigenvalue weighted by molar-refractivity contribution is -0.661. The van der Waals surface area contributed by atoms with E-state index < -0.39 is 0 Å². The van der Waals surface area contributed by atoms with Crippen molar-refractivity contribution in [1.82, 2.24) is 19.9 Å². The van der Waals surface area contributed by atoms with Crippen LogP contribution in [0.4, 0.5) is 0 Å². The highest BCUT2D eigenvalue weighted by Gasteiger charge is 2.31. The Hall–Kier alpha value is -6.01. The average Bonchev–Trinajstić information content (AvgIpc) is 3.71. The number of pyridine rings is 1. The van der Waals surface area contributed by atoms with Crippen molar-refractivity contribution >= 4 is 21.9 Å². The number of benzene rings is 5. The maximum absolute atomic E-state index is 6.41. The third kappa shape index (κ3) is 4.00. The summed E-state index contributed by atoms with van der Waals surface area (Å²) in [6, 6.07) is 45.2. The standard InChI is InChI=1S/C38H24N5O/c1-3-10-25(11-4-1)35-40-36(26-12-5-2-6-13-26)42-37(41-35)27-19-18-24-20-21-33-34(30(24)22-27)39-38(44-33)32-17-9-16-31-29-15-8-7-14-28(29)23-43(31)32/h1-22H,23H2/q+1. The van der Waals surface area contributed by atoms with Crippen LogP contribution in [0.2, 0.25) is 0 Å². The first kappa shape index (κ1) is 24.6. The van der Waals surface area contributed by atoms with Crippen LogP contribution in [0, 0.1) is 0 Å². The van der Waals surface area contributed by atoms with Crippen molar-refractivity contribution in [2.45, 2.75) is 6.54 Å². The maximum atomic E-state index is 6.41. The van der Waals surface area contributed by atoms with E-state index in [0.29, 0.717) is 23.4 Å². The van der Waals surface area contributed by atoms with E-state index in [0.717, 1.165) is 50.8 Å². The lowest BCUT2D eigenvalue weighted by Crippen LogP contribution is -2.35. The molecule has 1 aliphatic rings. The van der Waals surface area contributed by atoms with Crippen molar-refractivity contribution in [2.24, 2.45) is 0 Å². The Kier molecular flexibility index (Phi) is 5.46. The Morgan fingerprint density at radius 2 is 1.16 bits per heavy atom. The van der Waals surface area contributed by atoms with Crippen LogP contribution >= 0.6 is 0 Å². The van der Waals surface area contributed by atoms with Crippen LogP contribution in [0.3, 0.4) is 0 Å². The van der Waals surface area contributed by atoms with E-state index in [1.54, 1.807) is 0 Å². The van der Waals surface area contributed by atoms with Gasteiger partial charge in [-0.3, -0.25) is 0 Å². The molecule has 3 aromatic heterocycles. The van der Waals surface area contributed by atoms with E-state index in [2.05, 4.69) is 71.3 Å². The molecule has 0 unspecified atom stereocenters. The number of hydrogen-bond donors (Lipinski definition) is 0. The summed E-state index contributed by atoms with van der Waals surface area (Å²) < 4.78 is 8.69. The largest absolute Gasteiger partial charge is 0.431 e. The maximum Gasteiger partial charge on any atom is 0.294 e. The van der Waals surface area contributed by atoms with Crippen molar-refractivity contribution < 1.29 is 8.98 Å². The summed E-state index contributed by atoms with van der Waals surface area (Å²) in [5.74, 6) is 2.47. The van der Waals surface area contributed by atoms with Gasteiger partial charge in [0.15, 0.2) is 29.6 Å². The van der Waals surface area contributed by atoms with Crippen LogP contribution in [-0.4, -0.2) is 19.9 Å². The molecule has 44 heavy (non-hydrogen) atoms. The summed E-state index contributed by atoms with van der Waals surface area (Å²) in [5, 5.41) is 2.05. The van der Waals surface area contributed by atoms with Crippen LogP contribution < -0.4 is 4.57 Å². The van der Waals surface area contributed by atoms with Gasteiger partial charge in [-0.2, -0.15) is 4.57 Å². The van der Waals surface area contributed by atoms with Gasteiger partial charge < -0.3 is 4.42 Å². The highest BCUT2D eigenvalue weighted by molar-refractivity contribution is 6.05. The van der Waals surface area contributed by atoms with Gasteiger partial charge in [0.25, 0.3) is 11.6 Å². The van der Waals surface area contributed by atoms with Gasteiger partial charge in [-0.1, -0.05) is 97.1 Å². The Morgan fingerprint density at radius 1 is 0.523 bits per heavy atom. The SMILES string of the molecule is c1ccc(-c2nc(-c3ccccc3)nc(-c3ccc4ccc5oc(-c6cccc7[n+]6Cc6ccccc6-7)nc5c4c3)n2)cc1. The molecule has 0 amide bonds. The van der Waals surface area contributed by atoms with Gasteiger partial charge in [-0.05, 0) is 29.7 Å². The topological polar surface area (TPSA) is 68.6 Å². The van der Waals surface area contributed by atoms with Crippen LogP contribution in [-0.2, 0) is 6.54 Å². The zero-order chi connectivity index (χ0) is 29.0. The molecule has 8 aromatic rings. The monoisotopic (exact) mass is 566 g/mol. The van der Waals surface area contributed by atoms with Gasteiger partial charge in [-0.25, -0.2) is 19.9 Å². The predicted octanol–water partition coefficient (Wildman–Crippen LogP) is 8.15. The molecule has 0 aliphatic carbocycles. The summed E-state index contributed by atoms with van der Waals surface area (Å²) in [5.41, 5.74) is 8.99. The second-order valence-electron chi connectivity index (χ2n) is 10.9. The van der Waals surface area contributed by atoms with Crippen molar-refractivity contribution in [3.05, 3.63) is 139 Å². The Bertz CT molecular complexity index is 2310. The molecule has 4 heterocycles. The minimum atomic E-state index is 0.602. The molecule has 0 N–H and O–H groups in total. The fourth-order valence-corrected chi connectivity index (χ4v) is 6.11. The number of aromatic nitrogens is 5. The van der Waals surface area contributed by atoms with Gasteiger partial charge in [0, 0.05) is 39.8 Å². The zero-order valence-electron chi connectivity index (χ0n) is 23.6. The minimum absolute atomic E-state index is 0.602. The molecular weight excluding hydrogens is 542 g/mol. The highest BCUT2D eigenvalue weighted by atomic mass is 16.3. The van der Waals surface area contributed by atoms with Crippen molar-refractivity contribution in [1.29, 1.82) is 0 Å². The van der Waals surface area contributed by atoms with Crippen LogP contribution in [0.25, 0.3) is 78.9 Å². The first-order chi connectivity index (χ1) is 21.8. The molecule has 6 heteroatoms. The summed E-state index contributed by atoms with van der Waals surface area (Å²) in [4.78, 5) is 19.8. The van der Waals surface area contributed by atoms with E-state index in [1.807, 2.05) is 66.7 Å². The molecule has 206 valence electrons. The molecule has 5 aromatic carbocycles. The van der Waals surface area contributed by atoms with Gasteiger partial charge in [-0.15, -0.1) is 0 Å². The quantitative estimate of drug-likeness (QED) is 0.201. The molecule has 9 rings (SSSR count). The first-order valence-corrected chi connectivity index (χ1v) is 14.6. The van der Waals surface area contributed by atoms with Crippen molar-refractivity contribution in [2.75, 3.05) is 0 Å². The molecule has 0 radical (unpaired) electrons. The van der Waals surface area contributed by atoms with Gasteiger partial charge in [0.2, 0.25) is 5.69 Å². The molecule has 6 nitrogen and oxygen atoms in total. The predicted molar refractivity (Wildman–Crippen MR) is 171 cm³/mol. The number of fused-ring (bicyclic) bond motifs is 6. The van der Waals surface area contributed by atoms with Gasteiger partial charge in [0.1, 0.15) is 5.52 Å². The first-order valence-electron chi connectivity index (χ1n) is 14.6. The van der Waals surface area contributed by atoms with Crippen LogP contribution in [0.5, 0.6) is 0 Å². The average molecular weight is 567 g/mol. The van der Waals surface area contributed by atoms with Crippen molar-refractivity contribution in [3.8, 4) is 57.0 Å². The van der Waals surface area contributed by atoms with E-state index in [4.69, 9.17) is 24.4 Å². The third-order valence-electron chi connectivity index (χ3n) is 8.26. The summed E-state index contributed by atoms with van der Waals surface area (Å²) in [6.07, 6.45) is 0. The third-order valence-corrected chi connectivity index (χ3v) is 8.26. The van der Waals surface area contributed by atoms with Gasteiger partial charge >= 0.3 is 0 Å². The molecule has 0 fully saturated rings. The van der Waals surface area contributed by atoms with E-state index in [-0.39, 0.29) is 0 Å². The molecule has 0 saturated carbocycles. The minimum Gasteiger partial charge on any atom is -0.431 e. The fourth-order valence-electron chi connectivity index (χ4n) is 6.11. The molecule has 0 spiro atoms. The van der Waals surface area contributed by atoms with Crippen LogP contribution in [0.1, 0.15) is 5.56 Å². The van der Waals surface area contributed by atoms with Crippen molar-refractivity contribution in [3.63, 3.8) is 0 Å². The summed E-state index contributed by atoms with van der Waals surface area (Å²) in [6.45, 7) is 0.790. The number of rotatable bonds is 4. The Labute approximate surface area is 253 Å². The summed E-state index contributed by atoms with van der Waals surface area (Å²) >= 11 is 0. The fraction of sp³-hybridized carbons (Fsp3) is 0.0263. The number of hydrogen-bond acceptors (Lipinski definition) is 5. The second-order valence-corrected chi connectivity index (χ2v) is 10.9. The van der Waals surface area contributed by atoms with E-state index in [9.17, 15) is 0 Å². The Balaban J connectivity index is 1.20. The summed E-state index contributed by atoms with van der Waals surface area (Å²) in [7, 11) is 0. The second kappa shape index (κ2) is 9.78. The zero-order valence-corrected chi connectivity index (χ0v) is 23.6. The normalized spacial score (nSPS) is 12.0. The molecule has 0 atom stereocenters. The molecule has 0 bridgehead atoms. The smallest absolute Gasteiger partial charge is 0.294 e. The van der Waals surface area contributed by atoms with E-state index >= 15 is 0 Å². The van der Waals surface area contributed by atoms with Gasteiger partial charge in [0.05, 0.1) is 5.56 Å². The molecular formula is C38H24N5O+. The lowest BCUT2D eigenvalue weighted by atomic mass is 10.0. The Morgan fingerprint density at radius 3 is 1.91 bits per heavy atom. The lowest BCUT2D eigenvalue weighted by Gasteiger charge is -2.09. The number of nitrogens with zero attached hydrogens (tertiary/aromatic N) is 5. The molecule has 0 saturated heterocycles.